The summed E-state index contributed by atoms with van der Waals surface area (Å²) in [4.78, 5) is 25.1. The first-order chi connectivity index (χ1) is 28.6. The van der Waals surface area contributed by atoms with E-state index in [1.54, 1.807) is 0 Å². The van der Waals surface area contributed by atoms with E-state index in [0.29, 0.717) is 24.1 Å². The molecule has 0 saturated heterocycles. The van der Waals surface area contributed by atoms with Gasteiger partial charge in [0.25, 0.3) is 7.82 Å². The summed E-state index contributed by atoms with van der Waals surface area (Å²) >= 11 is 0. The van der Waals surface area contributed by atoms with Crippen molar-refractivity contribution in [1.29, 1.82) is 0 Å². The standard InChI is InChI=1S/C50H100NO7P/c1-6-8-10-12-14-16-18-20-22-24-26-28-30-32-34-36-38-40-42-45-55-47-49(48-57-59(53,54)56-46-44-51(3,4)5)58-50(52)43-41-39-37-35-33-31-29-27-25-23-21-19-17-15-13-11-9-7-2/h23,25,49H,6-22,24,26-48H2,1-5H3/b25-23-. The zero-order chi connectivity index (χ0) is 43.4. The van der Waals surface area contributed by atoms with E-state index in [2.05, 4.69) is 26.0 Å². The molecule has 0 saturated carbocycles. The van der Waals surface area contributed by atoms with Crippen molar-refractivity contribution in [3.63, 3.8) is 0 Å². The molecule has 0 heterocycles. The molecule has 0 aliphatic rings. The summed E-state index contributed by atoms with van der Waals surface area (Å²) in [7, 11) is 1.37. The molecule has 352 valence electrons. The van der Waals surface area contributed by atoms with Crippen LogP contribution in [0, 0.1) is 0 Å². The minimum absolute atomic E-state index is 0.0288. The van der Waals surface area contributed by atoms with E-state index >= 15 is 0 Å². The normalized spacial score (nSPS) is 13.7. The van der Waals surface area contributed by atoms with Crippen molar-refractivity contribution >= 4 is 13.8 Å². The molecule has 0 fully saturated rings. The van der Waals surface area contributed by atoms with Crippen LogP contribution in [0.3, 0.4) is 0 Å². The van der Waals surface area contributed by atoms with Crippen LogP contribution in [0.1, 0.15) is 245 Å². The lowest BCUT2D eigenvalue weighted by Gasteiger charge is -2.28. The number of hydrogen-bond donors (Lipinski definition) is 0. The molecule has 0 bridgehead atoms. The predicted molar refractivity (Wildman–Crippen MR) is 250 cm³/mol. The minimum Gasteiger partial charge on any atom is -0.756 e. The number of rotatable bonds is 48. The van der Waals surface area contributed by atoms with Gasteiger partial charge in [0.05, 0.1) is 34.4 Å². The van der Waals surface area contributed by atoms with Gasteiger partial charge in [-0.15, -0.1) is 0 Å². The van der Waals surface area contributed by atoms with E-state index in [1.807, 2.05) is 21.1 Å². The maximum absolute atomic E-state index is 12.7. The minimum atomic E-state index is -4.52. The number of likely N-dealkylation sites (N-methyl/N-ethyl adjacent to an activating group) is 1. The van der Waals surface area contributed by atoms with Crippen molar-refractivity contribution in [2.45, 2.75) is 251 Å². The maximum Gasteiger partial charge on any atom is 0.306 e. The highest BCUT2D eigenvalue weighted by atomic mass is 31.2. The largest absolute Gasteiger partial charge is 0.756 e. The molecule has 0 N–H and O–H groups in total. The SMILES string of the molecule is CCCCCCCCC/C=C\CCCCCCCCCC(=O)OC(COCCCCCCCCCCCCCCCCCCCCC)COP(=O)([O-])OCC[N+](C)(C)C. The number of allylic oxidation sites excluding steroid dienone is 2. The maximum atomic E-state index is 12.7. The summed E-state index contributed by atoms with van der Waals surface area (Å²) in [6.07, 6.45) is 49.4. The second kappa shape index (κ2) is 43.9. The van der Waals surface area contributed by atoms with Crippen molar-refractivity contribution < 1.29 is 37.3 Å². The first-order valence-electron chi connectivity index (χ1n) is 25.4. The average molecular weight is 858 g/mol. The Morgan fingerprint density at radius 1 is 0.508 bits per heavy atom. The second-order valence-electron chi connectivity index (χ2n) is 18.5. The molecule has 2 unspecified atom stereocenters. The van der Waals surface area contributed by atoms with E-state index in [-0.39, 0.29) is 25.8 Å². The Bertz CT molecular complexity index is 956. The number of hydrogen-bond acceptors (Lipinski definition) is 7. The second-order valence-corrected chi connectivity index (χ2v) is 19.9. The zero-order valence-corrected chi connectivity index (χ0v) is 40.9. The lowest BCUT2D eigenvalue weighted by atomic mass is 10.0. The van der Waals surface area contributed by atoms with Crippen molar-refractivity contribution in [3.05, 3.63) is 12.2 Å². The Kier molecular flexibility index (Phi) is 43.3. The molecule has 0 radical (unpaired) electrons. The van der Waals surface area contributed by atoms with Gasteiger partial charge in [-0.3, -0.25) is 9.36 Å². The van der Waals surface area contributed by atoms with Gasteiger partial charge in [0.2, 0.25) is 0 Å². The van der Waals surface area contributed by atoms with Crippen LogP contribution in [0.4, 0.5) is 0 Å². The molecule has 0 aromatic rings. The molecular weight excluding hydrogens is 758 g/mol. The smallest absolute Gasteiger partial charge is 0.306 e. The third-order valence-electron chi connectivity index (χ3n) is 11.3. The van der Waals surface area contributed by atoms with E-state index < -0.39 is 13.9 Å². The summed E-state index contributed by atoms with van der Waals surface area (Å²) in [6.45, 7) is 5.47. The fraction of sp³-hybridized carbons (Fsp3) is 0.940. The molecule has 0 aliphatic heterocycles. The molecule has 59 heavy (non-hydrogen) atoms. The lowest BCUT2D eigenvalue weighted by molar-refractivity contribution is -0.870. The number of phosphoric acid groups is 1. The van der Waals surface area contributed by atoms with Crippen LogP contribution in [0.2, 0.25) is 0 Å². The molecular formula is C50H100NO7P. The molecule has 0 aromatic heterocycles. The summed E-state index contributed by atoms with van der Waals surface area (Å²) in [5.74, 6) is -0.333. The summed E-state index contributed by atoms with van der Waals surface area (Å²) in [5, 5.41) is 0. The van der Waals surface area contributed by atoms with Gasteiger partial charge in [-0.05, 0) is 38.5 Å². The molecule has 2 atom stereocenters. The average Bonchev–Trinajstić information content (AvgIpc) is 3.19. The Balaban J connectivity index is 4.12. The summed E-state index contributed by atoms with van der Waals surface area (Å²) < 4.78 is 34.7. The number of ether oxygens (including phenoxy) is 2. The fourth-order valence-electron chi connectivity index (χ4n) is 7.37. The van der Waals surface area contributed by atoms with Crippen molar-refractivity contribution in [2.75, 3.05) is 54.1 Å². The van der Waals surface area contributed by atoms with Crippen molar-refractivity contribution in [3.8, 4) is 0 Å². The Hall–Kier alpha value is -0.760. The molecule has 0 spiro atoms. The van der Waals surface area contributed by atoms with Crippen LogP contribution in [0.15, 0.2) is 12.2 Å². The molecule has 0 aromatic carbocycles. The first-order valence-corrected chi connectivity index (χ1v) is 26.9. The van der Waals surface area contributed by atoms with Gasteiger partial charge in [-0.1, -0.05) is 212 Å². The predicted octanol–water partition coefficient (Wildman–Crippen LogP) is 14.8. The highest BCUT2D eigenvalue weighted by Crippen LogP contribution is 2.38. The number of carbonyl (C=O) groups excluding carboxylic acids is 1. The lowest BCUT2D eigenvalue weighted by Crippen LogP contribution is -2.37. The quantitative estimate of drug-likeness (QED) is 0.0198. The first kappa shape index (κ1) is 58.2. The monoisotopic (exact) mass is 858 g/mol. The van der Waals surface area contributed by atoms with Gasteiger partial charge >= 0.3 is 5.97 Å². The van der Waals surface area contributed by atoms with E-state index in [1.165, 1.54) is 193 Å². The van der Waals surface area contributed by atoms with E-state index in [0.717, 1.165) is 32.1 Å². The van der Waals surface area contributed by atoms with Gasteiger partial charge < -0.3 is 27.9 Å². The van der Waals surface area contributed by atoms with Gasteiger partial charge in [0, 0.05) is 13.0 Å². The van der Waals surface area contributed by atoms with Gasteiger partial charge in [0.1, 0.15) is 19.3 Å². The van der Waals surface area contributed by atoms with Crippen LogP contribution in [-0.2, 0) is 27.9 Å². The molecule has 0 rings (SSSR count). The van der Waals surface area contributed by atoms with Crippen molar-refractivity contribution in [2.24, 2.45) is 0 Å². The number of quaternary nitrogens is 1. The van der Waals surface area contributed by atoms with Crippen LogP contribution in [0.5, 0.6) is 0 Å². The Morgan fingerprint density at radius 3 is 1.29 bits per heavy atom. The number of unbranched alkanes of at least 4 members (excludes halogenated alkanes) is 32. The van der Waals surface area contributed by atoms with Gasteiger partial charge in [-0.2, -0.15) is 0 Å². The van der Waals surface area contributed by atoms with Crippen LogP contribution >= 0.6 is 7.82 Å². The highest BCUT2D eigenvalue weighted by Gasteiger charge is 2.20. The molecule has 0 aliphatic carbocycles. The third-order valence-corrected chi connectivity index (χ3v) is 12.3. The van der Waals surface area contributed by atoms with Crippen LogP contribution < -0.4 is 4.89 Å². The van der Waals surface area contributed by atoms with Gasteiger partial charge in [0.15, 0.2) is 0 Å². The van der Waals surface area contributed by atoms with Crippen LogP contribution in [0.25, 0.3) is 0 Å². The number of nitrogens with zero attached hydrogens (tertiary/aromatic N) is 1. The molecule has 0 amide bonds. The fourth-order valence-corrected chi connectivity index (χ4v) is 8.10. The Morgan fingerprint density at radius 2 is 0.881 bits per heavy atom. The summed E-state index contributed by atoms with van der Waals surface area (Å²) in [6, 6.07) is 0. The van der Waals surface area contributed by atoms with Gasteiger partial charge in [-0.25, -0.2) is 0 Å². The zero-order valence-electron chi connectivity index (χ0n) is 40.0. The van der Waals surface area contributed by atoms with Crippen LogP contribution in [-0.4, -0.2) is 70.7 Å². The number of carbonyl (C=O) groups is 1. The van der Waals surface area contributed by atoms with E-state index in [4.69, 9.17) is 18.5 Å². The molecule has 8 nitrogen and oxygen atoms in total. The number of esters is 1. The molecule has 9 heteroatoms. The topological polar surface area (TPSA) is 94.1 Å². The van der Waals surface area contributed by atoms with Crippen molar-refractivity contribution in [1.82, 2.24) is 0 Å². The number of phosphoric ester groups is 1. The Labute approximate surface area is 367 Å². The highest BCUT2D eigenvalue weighted by molar-refractivity contribution is 7.45. The third kappa shape index (κ3) is 48.1. The van der Waals surface area contributed by atoms with E-state index in [9.17, 15) is 14.3 Å². The summed E-state index contributed by atoms with van der Waals surface area (Å²) in [5.41, 5.74) is 0.